The van der Waals surface area contributed by atoms with Gasteiger partial charge in [0.05, 0.1) is 24.8 Å². The molecule has 0 spiro atoms. The molecule has 0 bridgehead atoms. The molecule has 8 amide bonds. The SMILES string of the molecule is NCCCC[C@H](NC(=O)[C@H](Cc1cccc(F)c1)NC(=O)[C@@H]1CCCN1C(=O)C(CCCN)=NC(=O)CNC(=O)[C@@H](NC(=O)[C@@H](NC(=O)[C@@H](N)CCCCN)[C@@H](O)CN)[C@@H](O)CN)C(=O)N/C(=C\CCN=C(N)N)C(=O)O. The predicted molar refractivity (Wildman–Crippen MR) is 279 cm³/mol. The van der Waals surface area contributed by atoms with E-state index in [1.165, 1.54) is 18.2 Å². The molecule has 1 fully saturated rings. The first-order valence-corrected chi connectivity index (χ1v) is 25.2. The molecule has 1 aliphatic rings. The van der Waals surface area contributed by atoms with Crippen LogP contribution in [-0.4, -0.2) is 186 Å². The van der Waals surface area contributed by atoms with Crippen molar-refractivity contribution in [1.82, 2.24) is 36.8 Å². The number of nitrogens with two attached hydrogens (primary N) is 8. The number of nitrogens with zero attached hydrogens (tertiary/aromatic N) is 3. The number of guanidine groups is 1. The second-order valence-corrected chi connectivity index (χ2v) is 17.9. The summed E-state index contributed by atoms with van der Waals surface area (Å²) in [6.07, 6.45) is -0.279. The fraction of sp³-hybridized carbons (Fsp3) is 0.596. The number of likely N-dealkylation sites (tertiary alicyclic amines) is 1. The van der Waals surface area contributed by atoms with Crippen LogP contribution in [0.1, 0.15) is 76.2 Å². The Labute approximate surface area is 444 Å². The molecule has 0 aliphatic carbocycles. The number of aliphatic imine (C=N–C) groups is 2. The van der Waals surface area contributed by atoms with Gasteiger partial charge in [-0.25, -0.2) is 14.2 Å². The number of carboxylic acids is 1. The lowest BCUT2D eigenvalue weighted by atomic mass is 10.0. The number of carbonyl (C=O) groups is 9. The van der Waals surface area contributed by atoms with Crippen molar-refractivity contribution in [2.45, 2.75) is 126 Å². The minimum atomic E-state index is -1.86. The van der Waals surface area contributed by atoms with Gasteiger partial charge in [-0.3, -0.25) is 43.3 Å². The summed E-state index contributed by atoms with van der Waals surface area (Å²) in [4.78, 5) is 130. The van der Waals surface area contributed by atoms with Crippen molar-refractivity contribution in [1.29, 1.82) is 0 Å². The third kappa shape index (κ3) is 23.4. The minimum Gasteiger partial charge on any atom is -0.477 e. The molecular formula is C47H78FN17O12. The summed E-state index contributed by atoms with van der Waals surface area (Å²) in [7, 11) is 0. The molecule has 77 heavy (non-hydrogen) atoms. The standard InChI is InChI=1S/C47H78FN17O12/c48-27-10-5-9-26(21-27)22-32(41(71)60-29(12-2-4-17-50)40(70)61-31(46(76)77)14-7-19-57-47(55)56)62-42(72)33-15-8-20-65(33)45(75)30(13-6-18-51)59-36(68)25-58-43(73)37(34(66)23-52)64-44(74)38(35(67)24-53)63-39(69)28(54)11-1-3-16-49/h5,9-10,14,21,28-29,32-35,37-38,66-67H,1-4,6-8,11-13,15-20,22-25,49-54H2,(H,58,73)(H,60,71)(H,61,70)(H,62,72)(H,63,69)(H,64,74)(H,76,77)(H4,55,56,57)/b31-14-,59-30?/t28-,29-,32-,33-,34-,35-,37-,38-/m0/s1. The van der Waals surface area contributed by atoms with Gasteiger partial charge in [-0.1, -0.05) is 24.6 Å². The third-order valence-corrected chi connectivity index (χ3v) is 11.9. The summed E-state index contributed by atoms with van der Waals surface area (Å²) in [6.45, 7) is -1.39. The molecule has 1 saturated heterocycles. The molecule has 1 aromatic carbocycles. The van der Waals surface area contributed by atoms with Crippen LogP contribution in [0.5, 0.6) is 0 Å². The molecule has 25 N–H and O–H groups in total. The maximum atomic E-state index is 14.4. The summed E-state index contributed by atoms with van der Waals surface area (Å²) in [5, 5.41) is 45.1. The quantitative estimate of drug-likeness (QED) is 0.0130. The zero-order chi connectivity index (χ0) is 57.6. The Kier molecular flexibility index (Phi) is 30.3. The molecule has 29 nitrogen and oxygen atoms in total. The number of rotatable bonds is 35. The summed E-state index contributed by atoms with van der Waals surface area (Å²) < 4.78 is 14.4. The zero-order valence-corrected chi connectivity index (χ0v) is 43.0. The molecule has 1 heterocycles. The number of halogens is 1. The van der Waals surface area contributed by atoms with Crippen molar-refractivity contribution >= 4 is 64.9 Å². The molecule has 430 valence electrons. The number of aliphatic hydroxyl groups is 2. The van der Waals surface area contributed by atoms with Gasteiger partial charge in [0.25, 0.3) is 11.8 Å². The number of aliphatic carboxylic acids is 1. The van der Waals surface area contributed by atoms with E-state index in [1.807, 2.05) is 0 Å². The second-order valence-electron chi connectivity index (χ2n) is 17.9. The lowest BCUT2D eigenvalue weighted by Gasteiger charge is -2.28. The second kappa shape index (κ2) is 35.3. The topological polar surface area (TPSA) is 523 Å². The van der Waals surface area contributed by atoms with E-state index >= 15 is 0 Å². The molecule has 8 atom stereocenters. The normalized spacial score (nSPS) is 16.3. The summed E-state index contributed by atoms with van der Waals surface area (Å²) in [5.41, 5.74) is 44.0. The maximum Gasteiger partial charge on any atom is 0.352 e. The van der Waals surface area contributed by atoms with Gasteiger partial charge in [-0.15, -0.1) is 0 Å². The van der Waals surface area contributed by atoms with Gasteiger partial charge in [-0.05, 0) is 102 Å². The minimum absolute atomic E-state index is 0.00753. The van der Waals surface area contributed by atoms with Crippen LogP contribution in [0.25, 0.3) is 0 Å². The number of carbonyl (C=O) groups excluding carboxylic acids is 8. The average molecular weight is 1090 g/mol. The highest BCUT2D eigenvalue weighted by atomic mass is 19.1. The van der Waals surface area contributed by atoms with Gasteiger partial charge >= 0.3 is 5.97 Å². The van der Waals surface area contributed by atoms with Crippen molar-refractivity contribution in [2.75, 3.05) is 52.4 Å². The van der Waals surface area contributed by atoms with E-state index in [0.29, 0.717) is 32.2 Å². The Bertz CT molecular complexity index is 2250. The van der Waals surface area contributed by atoms with Crippen molar-refractivity contribution in [3.63, 3.8) is 0 Å². The van der Waals surface area contributed by atoms with Crippen LogP contribution in [0.15, 0.2) is 46.0 Å². The van der Waals surface area contributed by atoms with Gasteiger partial charge in [0.1, 0.15) is 47.4 Å². The number of aliphatic hydroxyl groups excluding tert-OH is 2. The van der Waals surface area contributed by atoms with E-state index in [2.05, 4.69) is 41.9 Å². The van der Waals surface area contributed by atoms with E-state index in [0.717, 1.165) is 17.0 Å². The molecule has 0 aromatic heterocycles. The molecular weight excluding hydrogens is 1010 g/mol. The van der Waals surface area contributed by atoms with Crippen molar-refractivity contribution in [2.24, 2.45) is 55.9 Å². The van der Waals surface area contributed by atoms with Gasteiger partial charge in [0, 0.05) is 32.6 Å². The van der Waals surface area contributed by atoms with Crippen LogP contribution >= 0.6 is 0 Å². The molecule has 1 aromatic rings. The number of unbranched alkanes of at least 4 members (excludes halogenated alkanes) is 2. The van der Waals surface area contributed by atoms with Crippen LogP contribution in [0, 0.1) is 5.82 Å². The zero-order valence-electron chi connectivity index (χ0n) is 43.0. The maximum absolute atomic E-state index is 14.4. The number of carboxylic acid groups (broad SMARTS) is 1. The van der Waals surface area contributed by atoms with Gasteiger partial charge in [0.2, 0.25) is 35.4 Å². The largest absolute Gasteiger partial charge is 0.477 e. The van der Waals surface area contributed by atoms with Gasteiger partial charge in [-0.2, -0.15) is 0 Å². The smallest absolute Gasteiger partial charge is 0.352 e. The van der Waals surface area contributed by atoms with Crippen LogP contribution in [-0.2, 0) is 49.6 Å². The first-order chi connectivity index (χ1) is 36.6. The van der Waals surface area contributed by atoms with Crippen LogP contribution in [0.2, 0.25) is 0 Å². The highest BCUT2D eigenvalue weighted by molar-refractivity contribution is 6.40. The monoisotopic (exact) mass is 1090 g/mol. The van der Waals surface area contributed by atoms with E-state index in [1.54, 1.807) is 0 Å². The Morgan fingerprint density at radius 2 is 1.39 bits per heavy atom. The predicted octanol–water partition coefficient (Wildman–Crippen LogP) is -6.91. The fourth-order valence-electron chi connectivity index (χ4n) is 7.70. The highest BCUT2D eigenvalue weighted by Gasteiger charge is 2.39. The first-order valence-electron chi connectivity index (χ1n) is 25.2. The molecule has 0 unspecified atom stereocenters. The van der Waals surface area contributed by atoms with Gasteiger partial charge in [0.15, 0.2) is 5.96 Å². The van der Waals surface area contributed by atoms with E-state index < -0.39 is 133 Å². The Morgan fingerprint density at radius 3 is 1.99 bits per heavy atom. The van der Waals surface area contributed by atoms with E-state index in [9.17, 15) is 62.9 Å². The molecule has 2 rings (SSSR count). The molecule has 0 saturated carbocycles. The van der Waals surface area contributed by atoms with Crippen molar-refractivity contribution < 1.29 is 62.9 Å². The van der Waals surface area contributed by atoms with Crippen molar-refractivity contribution in [3.05, 3.63) is 47.4 Å². The third-order valence-electron chi connectivity index (χ3n) is 11.9. The van der Waals surface area contributed by atoms with E-state index in [4.69, 9.17) is 45.9 Å². The van der Waals surface area contributed by atoms with Crippen molar-refractivity contribution in [3.8, 4) is 0 Å². The molecule has 0 radical (unpaired) electrons. The summed E-state index contributed by atoms with van der Waals surface area (Å²) >= 11 is 0. The number of hydrogen-bond acceptors (Lipinski definition) is 18. The lowest BCUT2D eigenvalue weighted by Crippen LogP contribution is -2.63. The number of hydrogen-bond donors (Lipinski definition) is 17. The van der Waals surface area contributed by atoms with Crippen LogP contribution in [0.4, 0.5) is 4.39 Å². The molecule has 30 heteroatoms. The Hall–Kier alpha value is -7.06. The van der Waals surface area contributed by atoms with Crippen LogP contribution in [0.3, 0.4) is 0 Å². The first kappa shape index (κ1) is 66.1. The molecule has 1 aliphatic heterocycles. The van der Waals surface area contributed by atoms with Gasteiger partial charge < -0.3 is 98.0 Å². The summed E-state index contributed by atoms with van der Waals surface area (Å²) in [6, 6.07) is -3.67. The Balaban J connectivity index is 2.37. The fourth-order valence-corrected chi connectivity index (χ4v) is 7.70. The number of benzene rings is 1. The van der Waals surface area contributed by atoms with Crippen LogP contribution < -0.4 is 77.8 Å². The highest BCUT2D eigenvalue weighted by Crippen LogP contribution is 2.20. The van der Waals surface area contributed by atoms with E-state index in [-0.39, 0.29) is 94.8 Å². The number of amides is 8. The summed E-state index contributed by atoms with van der Waals surface area (Å²) in [5.74, 6) is -10.2. The average Bonchev–Trinajstić information content (AvgIpc) is 3.90. The Morgan fingerprint density at radius 1 is 0.766 bits per heavy atom. The lowest BCUT2D eigenvalue weighted by molar-refractivity contribution is -0.137. The number of nitrogens with one attached hydrogen (secondary N) is 6.